The lowest BCUT2D eigenvalue weighted by atomic mass is 10.1. The number of ether oxygens (including phenoxy) is 1. The predicted octanol–water partition coefficient (Wildman–Crippen LogP) is 6.98. The fraction of sp³-hybridized carbons (Fsp3) is 0.545. The maximum atomic E-state index is 5.77. The summed E-state index contributed by atoms with van der Waals surface area (Å²) in [6.07, 6.45) is 13.5. The van der Waals surface area contributed by atoms with Gasteiger partial charge in [-0.3, -0.25) is 5.10 Å². The summed E-state index contributed by atoms with van der Waals surface area (Å²) < 4.78 is 6.50. The molecule has 1 heterocycles. The van der Waals surface area contributed by atoms with Crippen molar-refractivity contribution >= 4 is 34.8 Å². The zero-order valence-electron chi connectivity index (χ0n) is 16.8. The standard InChI is InChI=1S/C22H33N3OS2/c1-2-19-12-14-20(15-13-19)18-26-17-11-9-7-5-3-4-6-8-10-16-23-21-24-25-22(27)28-21/h2,12-15H,1,3-11,16-18H2,(H,23,24)(H,25,27). The van der Waals surface area contributed by atoms with Crippen molar-refractivity contribution in [2.75, 3.05) is 18.5 Å². The van der Waals surface area contributed by atoms with Gasteiger partial charge in [0.2, 0.25) is 5.13 Å². The quantitative estimate of drug-likeness (QED) is 0.227. The molecule has 1 aromatic heterocycles. The average Bonchev–Trinajstić information content (AvgIpc) is 3.13. The van der Waals surface area contributed by atoms with Crippen LogP contribution in [-0.2, 0) is 11.3 Å². The van der Waals surface area contributed by atoms with Crippen LogP contribution in [0.3, 0.4) is 0 Å². The molecule has 0 radical (unpaired) electrons. The van der Waals surface area contributed by atoms with Crippen LogP contribution in [0.4, 0.5) is 5.13 Å². The number of rotatable bonds is 16. The van der Waals surface area contributed by atoms with Crippen molar-refractivity contribution in [3.8, 4) is 0 Å². The number of hydrogen-bond donors (Lipinski definition) is 2. The summed E-state index contributed by atoms with van der Waals surface area (Å²) in [5.41, 5.74) is 2.39. The van der Waals surface area contributed by atoms with Crippen LogP contribution in [0.2, 0.25) is 0 Å². The Morgan fingerprint density at radius 2 is 1.64 bits per heavy atom. The van der Waals surface area contributed by atoms with Gasteiger partial charge in [0.1, 0.15) is 0 Å². The molecule has 0 saturated carbocycles. The van der Waals surface area contributed by atoms with Crippen molar-refractivity contribution in [1.82, 2.24) is 10.2 Å². The van der Waals surface area contributed by atoms with Gasteiger partial charge in [-0.05, 0) is 36.2 Å². The highest BCUT2D eigenvalue weighted by Crippen LogP contribution is 2.13. The van der Waals surface area contributed by atoms with Crippen molar-refractivity contribution in [2.45, 2.75) is 64.4 Å². The van der Waals surface area contributed by atoms with Crippen molar-refractivity contribution < 1.29 is 4.74 Å². The normalized spacial score (nSPS) is 10.9. The van der Waals surface area contributed by atoms with Crippen molar-refractivity contribution in [2.24, 2.45) is 0 Å². The van der Waals surface area contributed by atoms with Gasteiger partial charge >= 0.3 is 0 Å². The lowest BCUT2D eigenvalue weighted by Crippen LogP contribution is -2.00. The van der Waals surface area contributed by atoms with E-state index in [2.05, 4.69) is 46.4 Å². The third-order valence-corrected chi connectivity index (χ3v) is 5.71. The number of anilines is 1. The third-order valence-electron chi connectivity index (χ3n) is 4.66. The number of unbranched alkanes of at least 4 members (excludes halogenated alkanes) is 8. The summed E-state index contributed by atoms with van der Waals surface area (Å²) in [6.45, 7) is 6.32. The van der Waals surface area contributed by atoms with E-state index in [1.54, 1.807) is 0 Å². The lowest BCUT2D eigenvalue weighted by Gasteiger charge is -2.05. The molecule has 4 nitrogen and oxygen atoms in total. The van der Waals surface area contributed by atoms with Crippen molar-refractivity contribution in [3.05, 3.63) is 45.9 Å². The first-order valence-electron chi connectivity index (χ1n) is 10.4. The van der Waals surface area contributed by atoms with Crippen LogP contribution in [0.5, 0.6) is 0 Å². The molecule has 1 aromatic carbocycles. The van der Waals surface area contributed by atoms with Crippen LogP contribution >= 0.6 is 23.6 Å². The molecule has 6 heteroatoms. The van der Waals surface area contributed by atoms with E-state index < -0.39 is 0 Å². The summed E-state index contributed by atoms with van der Waals surface area (Å²) in [5.74, 6) is 0. The molecule has 0 aliphatic rings. The zero-order chi connectivity index (χ0) is 19.9. The SMILES string of the molecule is C=Cc1ccc(COCCCCCCCCCCCNc2n[nH]c(=S)s2)cc1. The average molecular weight is 420 g/mol. The highest BCUT2D eigenvalue weighted by atomic mass is 32.1. The predicted molar refractivity (Wildman–Crippen MR) is 124 cm³/mol. The van der Waals surface area contributed by atoms with E-state index >= 15 is 0 Å². The van der Waals surface area contributed by atoms with E-state index in [9.17, 15) is 0 Å². The van der Waals surface area contributed by atoms with Gasteiger partial charge in [0.25, 0.3) is 0 Å². The Hall–Kier alpha value is -1.50. The monoisotopic (exact) mass is 419 g/mol. The molecule has 0 amide bonds. The first-order chi connectivity index (χ1) is 13.8. The van der Waals surface area contributed by atoms with Gasteiger partial charge in [-0.2, -0.15) is 0 Å². The molecule has 154 valence electrons. The highest BCUT2D eigenvalue weighted by Gasteiger charge is 1.97. The minimum Gasteiger partial charge on any atom is -0.377 e. The van der Waals surface area contributed by atoms with E-state index in [1.165, 1.54) is 68.3 Å². The Kier molecular flexibility index (Phi) is 11.8. The fourth-order valence-electron chi connectivity index (χ4n) is 3.01. The van der Waals surface area contributed by atoms with Gasteiger partial charge in [0.15, 0.2) is 3.95 Å². The summed E-state index contributed by atoms with van der Waals surface area (Å²) in [5, 5.41) is 11.1. The van der Waals surface area contributed by atoms with Gasteiger partial charge in [-0.25, -0.2) is 0 Å². The molecule has 0 bridgehead atoms. The summed E-state index contributed by atoms with van der Waals surface area (Å²) in [7, 11) is 0. The molecular formula is C22H33N3OS2. The van der Waals surface area contributed by atoms with E-state index in [0.717, 1.165) is 34.2 Å². The minimum absolute atomic E-state index is 0.710. The molecule has 0 atom stereocenters. The van der Waals surface area contributed by atoms with Crippen LogP contribution in [-0.4, -0.2) is 23.3 Å². The highest BCUT2D eigenvalue weighted by molar-refractivity contribution is 7.73. The van der Waals surface area contributed by atoms with Crippen LogP contribution in [0.1, 0.15) is 68.9 Å². The molecule has 0 fully saturated rings. The number of H-pyrrole nitrogens is 1. The molecule has 0 aliphatic carbocycles. The number of nitrogens with zero attached hydrogens (tertiary/aromatic N) is 1. The van der Waals surface area contributed by atoms with Gasteiger partial charge in [-0.15, -0.1) is 5.10 Å². The van der Waals surface area contributed by atoms with Gasteiger partial charge in [0.05, 0.1) is 6.61 Å². The number of hydrogen-bond acceptors (Lipinski definition) is 5. The zero-order valence-corrected chi connectivity index (χ0v) is 18.4. The second kappa shape index (κ2) is 14.5. The van der Waals surface area contributed by atoms with Crippen LogP contribution < -0.4 is 5.32 Å². The molecule has 2 N–H and O–H groups in total. The van der Waals surface area contributed by atoms with E-state index in [1.807, 2.05) is 6.08 Å². The van der Waals surface area contributed by atoms with Gasteiger partial charge < -0.3 is 10.1 Å². The molecule has 28 heavy (non-hydrogen) atoms. The molecule has 0 unspecified atom stereocenters. The number of benzene rings is 1. The van der Waals surface area contributed by atoms with Crippen LogP contribution in [0.25, 0.3) is 6.08 Å². The van der Waals surface area contributed by atoms with Crippen molar-refractivity contribution in [3.63, 3.8) is 0 Å². The Labute approximate surface area is 178 Å². The third kappa shape index (κ3) is 10.2. The van der Waals surface area contributed by atoms with Gasteiger partial charge in [-0.1, -0.05) is 93.2 Å². The van der Waals surface area contributed by atoms with Gasteiger partial charge in [0, 0.05) is 13.2 Å². The summed E-state index contributed by atoms with van der Waals surface area (Å²) in [4.78, 5) is 0. The van der Waals surface area contributed by atoms with E-state index in [-0.39, 0.29) is 0 Å². The van der Waals surface area contributed by atoms with Crippen LogP contribution in [0.15, 0.2) is 30.8 Å². The fourth-order valence-corrected chi connectivity index (χ4v) is 3.82. The Morgan fingerprint density at radius 1 is 1.00 bits per heavy atom. The summed E-state index contributed by atoms with van der Waals surface area (Å²) in [6, 6.07) is 8.39. The molecule has 0 aliphatic heterocycles. The molecule has 0 spiro atoms. The Bertz CT molecular complexity index is 709. The maximum absolute atomic E-state index is 5.77. The second-order valence-electron chi connectivity index (χ2n) is 7.03. The number of aromatic nitrogens is 2. The minimum atomic E-state index is 0.710. The van der Waals surface area contributed by atoms with E-state index in [4.69, 9.17) is 17.0 Å². The molecule has 2 rings (SSSR count). The molecular weight excluding hydrogens is 386 g/mol. The second-order valence-corrected chi connectivity index (χ2v) is 8.69. The molecule has 2 aromatic rings. The first-order valence-corrected chi connectivity index (χ1v) is 11.6. The number of nitrogens with one attached hydrogen (secondary N) is 2. The largest absolute Gasteiger partial charge is 0.377 e. The van der Waals surface area contributed by atoms with Crippen LogP contribution in [0, 0.1) is 3.95 Å². The van der Waals surface area contributed by atoms with Crippen molar-refractivity contribution in [1.29, 1.82) is 0 Å². The number of aromatic amines is 1. The Morgan fingerprint density at radius 3 is 2.25 bits per heavy atom. The van der Waals surface area contributed by atoms with E-state index in [0.29, 0.717) is 6.61 Å². The smallest absolute Gasteiger partial charge is 0.204 e. The maximum Gasteiger partial charge on any atom is 0.204 e. The summed E-state index contributed by atoms with van der Waals surface area (Å²) >= 11 is 6.51. The topological polar surface area (TPSA) is 49.9 Å². The lowest BCUT2D eigenvalue weighted by molar-refractivity contribution is 0.116. The first kappa shape index (κ1) is 22.8. The molecule has 0 saturated heterocycles. The Balaban J connectivity index is 1.31.